The number of hydrogen-bond donors (Lipinski definition) is 2. The van der Waals surface area contributed by atoms with Gasteiger partial charge in [-0.1, -0.05) is 35.9 Å². The van der Waals surface area contributed by atoms with E-state index in [9.17, 15) is 4.79 Å². The number of thiophene rings is 1. The number of H-pyrrole nitrogens is 1. The molecule has 0 fully saturated rings. The molecule has 0 saturated carbocycles. The van der Waals surface area contributed by atoms with Crippen molar-refractivity contribution in [1.82, 2.24) is 20.1 Å². The van der Waals surface area contributed by atoms with Crippen molar-refractivity contribution in [1.29, 1.82) is 0 Å². The van der Waals surface area contributed by atoms with Crippen molar-refractivity contribution in [2.75, 3.05) is 0 Å². The number of rotatable bonds is 6. The average Bonchev–Trinajstić information content (AvgIpc) is 3.23. The van der Waals surface area contributed by atoms with Gasteiger partial charge in [-0.25, -0.2) is 0 Å². The van der Waals surface area contributed by atoms with E-state index >= 15 is 0 Å². The molecule has 2 N–H and O–H groups in total. The van der Waals surface area contributed by atoms with Crippen LogP contribution in [0.15, 0.2) is 41.8 Å². The molecule has 8 heteroatoms. The van der Waals surface area contributed by atoms with Crippen molar-refractivity contribution in [3.05, 3.63) is 57.1 Å². The fourth-order valence-electron chi connectivity index (χ4n) is 2.55. The molecule has 25 heavy (non-hydrogen) atoms. The molecule has 0 aliphatic heterocycles. The van der Waals surface area contributed by atoms with Gasteiger partial charge in [-0.3, -0.25) is 14.5 Å². The van der Waals surface area contributed by atoms with Gasteiger partial charge in [0.2, 0.25) is 5.91 Å². The van der Waals surface area contributed by atoms with E-state index in [0.717, 1.165) is 16.3 Å². The van der Waals surface area contributed by atoms with E-state index < -0.39 is 0 Å². The lowest BCUT2D eigenvalue weighted by Gasteiger charge is -2.16. The molecule has 0 radical (unpaired) electrons. The van der Waals surface area contributed by atoms with Crippen molar-refractivity contribution in [2.24, 2.45) is 0 Å². The second kappa shape index (κ2) is 7.95. The molecule has 0 saturated heterocycles. The van der Waals surface area contributed by atoms with Crippen LogP contribution in [0.25, 0.3) is 10.7 Å². The van der Waals surface area contributed by atoms with Gasteiger partial charge in [0, 0.05) is 18.0 Å². The van der Waals surface area contributed by atoms with Gasteiger partial charge >= 0.3 is 0 Å². The van der Waals surface area contributed by atoms with Crippen LogP contribution in [0.2, 0.25) is 5.02 Å². The van der Waals surface area contributed by atoms with Crippen LogP contribution in [0.3, 0.4) is 0 Å². The smallest absolute Gasteiger partial charge is 0.222 e. The van der Waals surface area contributed by atoms with Crippen LogP contribution in [0.1, 0.15) is 24.9 Å². The predicted octanol–water partition coefficient (Wildman–Crippen LogP) is 4.59. The highest BCUT2D eigenvalue weighted by atomic mass is 35.5. The van der Waals surface area contributed by atoms with Crippen LogP contribution < -0.4 is 5.32 Å². The van der Waals surface area contributed by atoms with Crippen LogP contribution in [-0.2, 0) is 11.3 Å². The van der Waals surface area contributed by atoms with Crippen molar-refractivity contribution in [3.63, 3.8) is 0 Å². The number of carbonyl (C=O) groups is 1. The van der Waals surface area contributed by atoms with Gasteiger partial charge in [0.05, 0.1) is 10.9 Å². The van der Waals surface area contributed by atoms with Gasteiger partial charge in [0.1, 0.15) is 0 Å². The Morgan fingerprint density at radius 2 is 2.20 bits per heavy atom. The van der Waals surface area contributed by atoms with Crippen molar-refractivity contribution < 1.29 is 4.79 Å². The summed E-state index contributed by atoms with van der Waals surface area (Å²) in [5.41, 5.74) is 0.900. The molecule has 130 valence electrons. The number of nitrogens with one attached hydrogen (secondary N) is 2. The first kappa shape index (κ1) is 17.8. The molecule has 3 aromatic rings. The molecular formula is C17H17ClN4OS2. The molecule has 0 aliphatic rings. The molecule has 2 heterocycles. The molecule has 0 spiro atoms. The number of aromatic nitrogens is 3. The Morgan fingerprint density at radius 1 is 1.40 bits per heavy atom. The largest absolute Gasteiger partial charge is 0.349 e. The minimum atomic E-state index is -0.157. The van der Waals surface area contributed by atoms with Gasteiger partial charge in [0.15, 0.2) is 10.6 Å². The molecular weight excluding hydrogens is 376 g/mol. The Kier molecular flexibility index (Phi) is 5.67. The Labute approximate surface area is 159 Å². The molecule has 1 amide bonds. The van der Waals surface area contributed by atoms with Crippen LogP contribution in [0, 0.1) is 4.77 Å². The first-order valence-electron chi connectivity index (χ1n) is 7.79. The fraction of sp³-hybridized carbons (Fsp3) is 0.235. The first-order valence-corrected chi connectivity index (χ1v) is 9.45. The average molecular weight is 393 g/mol. The van der Waals surface area contributed by atoms with E-state index in [1.54, 1.807) is 11.3 Å². The number of halogens is 1. The lowest BCUT2D eigenvalue weighted by atomic mass is 10.1. The van der Waals surface area contributed by atoms with Crippen LogP contribution in [0.5, 0.6) is 0 Å². The molecule has 1 atom stereocenters. The van der Waals surface area contributed by atoms with E-state index in [1.807, 2.05) is 53.3 Å². The van der Waals surface area contributed by atoms with Gasteiger partial charge in [0.25, 0.3) is 0 Å². The van der Waals surface area contributed by atoms with Gasteiger partial charge in [-0.15, -0.1) is 11.3 Å². The van der Waals surface area contributed by atoms with E-state index in [2.05, 4.69) is 15.5 Å². The minimum absolute atomic E-state index is 0.0624. The Balaban J connectivity index is 1.65. The number of carbonyl (C=O) groups excluding carboxylic acids is 1. The summed E-state index contributed by atoms with van der Waals surface area (Å²) in [6, 6.07) is 11.3. The summed E-state index contributed by atoms with van der Waals surface area (Å²) in [6.07, 6.45) is 0.307. The first-order chi connectivity index (χ1) is 12.1. The second-order valence-corrected chi connectivity index (χ2v) is 7.28. The molecule has 1 unspecified atom stereocenters. The Morgan fingerprint density at radius 3 is 2.92 bits per heavy atom. The molecule has 2 aromatic heterocycles. The fourth-order valence-corrected chi connectivity index (χ4v) is 3.79. The third-order valence-corrected chi connectivity index (χ3v) is 5.33. The zero-order chi connectivity index (χ0) is 17.8. The highest BCUT2D eigenvalue weighted by Crippen LogP contribution is 2.24. The minimum Gasteiger partial charge on any atom is -0.349 e. The maximum atomic E-state index is 12.3. The van der Waals surface area contributed by atoms with E-state index in [0.29, 0.717) is 22.8 Å². The highest BCUT2D eigenvalue weighted by Gasteiger charge is 2.14. The second-order valence-electron chi connectivity index (χ2n) is 5.54. The molecule has 1 aromatic carbocycles. The summed E-state index contributed by atoms with van der Waals surface area (Å²) >= 11 is 13.0. The van der Waals surface area contributed by atoms with Gasteiger partial charge in [-0.05, 0) is 42.2 Å². The van der Waals surface area contributed by atoms with Gasteiger partial charge in [-0.2, -0.15) is 5.10 Å². The summed E-state index contributed by atoms with van der Waals surface area (Å²) in [7, 11) is 0. The maximum absolute atomic E-state index is 12.3. The summed E-state index contributed by atoms with van der Waals surface area (Å²) < 4.78 is 2.36. The normalized spacial score (nSPS) is 12.1. The monoisotopic (exact) mass is 392 g/mol. The SMILES string of the molecule is CC(NC(=O)CCn1c(-c2cccs2)n[nH]c1=S)c1ccccc1Cl. The summed E-state index contributed by atoms with van der Waals surface area (Å²) in [5.74, 6) is 0.694. The van der Waals surface area contributed by atoms with Gasteiger partial charge < -0.3 is 5.32 Å². The zero-order valence-electron chi connectivity index (χ0n) is 13.5. The van der Waals surface area contributed by atoms with Crippen LogP contribution in [-0.4, -0.2) is 20.7 Å². The number of hydrogen-bond acceptors (Lipinski definition) is 4. The zero-order valence-corrected chi connectivity index (χ0v) is 15.9. The van der Waals surface area contributed by atoms with Crippen molar-refractivity contribution in [2.45, 2.75) is 25.9 Å². The Bertz CT molecular complexity index is 917. The lowest BCUT2D eigenvalue weighted by Crippen LogP contribution is -2.27. The highest BCUT2D eigenvalue weighted by molar-refractivity contribution is 7.71. The third kappa shape index (κ3) is 4.18. The molecule has 3 rings (SSSR count). The van der Waals surface area contributed by atoms with E-state index in [4.69, 9.17) is 23.8 Å². The van der Waals surface area contributed by atoms with Crippen molar-refractivity contribution in [3.8, 4) is 10.7 Å². The Hall–Kier alpha value is -1.96. The topological polar surface area (TPSA) is 62.7 Å². The number of nitrogens with zero attached hydrogens (tertiary/aromatic N) is 2. The third-order valence-electron chi connectivity index (χ3n) is 3.81. The predicted molar refractivity (Wildman–Crippen MR) is 103 cm³/mol. The lowest BCUT2D eigenvalue weighted by molar-refractivity contribution is -0.121. The number of aromatic amines is 1. The quantitative estimate of drug-likeness (QED) is 0.603. The summed E-state index contributed by atoms with van der Waals surface area (Å²) in [4.78, 5) is 13.3. The van der Waals surface area contributed by atoms with Crippen LogP contribution >= 0.6 is 35.2 Å². The molecule has 0 aliphatic carbocycles. The summed E-state index contributed by atoms with van der Waals surface area (Å²) in [6.45, 7) is 2.38. The standard InChI is InChI=1S/C17H17ClN4OS2/c1-11(12-5-2-3-6-13(12)18)19-15(23)8-9-22-16(20-21-17(22)24)14-7-4-10-25-14/h2-7,10-11H,8-9H2,1H3,(H,19,23)(H,21,24). The van der Waals surface area contributed by atoms with Crippen molar-refractivity contribution >= 4 is 41.1 Å². The maximum Gasteiger partial charge on any atom is 0.222 e. The summed E-state index contributed by atoms with van der Waals surface area (Å²) in [5, 5.41) is 12.7. The number of amides is 1. The number of benzene rings is 1. The van der Waals surface area contributed by atoms with E-state index in [-0.39, 0.29) is 11.9 Å². The molecule has 5 nitrogen and oxygen atoms in total. The molecule has 0 bridgehead atoms. The van der Waals surface area contributed by atoms with E-state index in [1.165, 1.54) is 0 Å². The van der Waals surface area contributed by atoms with Crippen LogP contribution in [0.4, 0.5) is 0 Å².